The van der Waals surface area contributed by atoms with Crippen molar-refractivity contribution < 1.29 is 9.50 Å². The van der Waals surface area contributed by atoms with Crippen LogP contribution >= 0.6 is 11.3 Å². The quantitative estimate of drug-likeness (QED) is 0.873. The van der Waals surface area contributed by atoms with Crippen molar-refractivity contribution in [2.75, 3.05) is 18.0 Å². The van der Waals surface area contributed by atoms with Gasteiger partial charge >= 0.3 is 0 Å². The van der Waals surface area contributed by atoms with E-state index < -0.39 is 0 Å². The molecular formula is C16H16FNOS. The molecule has 0 radical (unpaired) electrons. The Labute approximate surface area is 121 Å². The van der Waals surface area contributed by atoms with Crippen LogP contribution in [0, 0.1) is 5.82 Å². The number of hydrogen-bond donors (Lipinski definition) is 1. The van der Waals surface area contributed by atoms with Crippen molar-refractivity contribution in [2.45, 2.75) is 13.0 Å². The number of fused-ring (bicyclic) bond motifs is 3. The third kappa shape index (κ3) is 2.25. The fourth-order valence-corrected chi connectivity index (χ4v) is 3.76. The minimum Gasteiger partial charge on any atom is -0.391 e. The van der Waals surface area contributed by atoms with E-state index >= 15 is 0 Å². The molecule has 0 amide bonds. The average Bonchev–Trinajstić information content (AvgIpc) is 2.81. The van der Waals surface area contributed by atoms with Crippen LogP contribution in [0.4, 0.5) is 10.1 Å². The second-order valence-electron chi connectivity index (χ2n) is 4.87. The standard InChI is InChI=1S/C16H16FNOS/c1-2-6-18-7-5-11-8-13(10-19)20-16(11)14-4-3-12(17)9-15(14)18/h2-4,8-9,19H,1,5-7,10H2. The Morgan fingerprint density at radius 1 is 1.40 bits per heavy atom. The number of hydrogen-bond acceptors (Lipinski definition) is 3. The maximum Gasteiger partial charge on any atom is 0.125 e. The number of rotatable bonds is 3. The van der Waals surface area contributed by atoms with Gasteiger partial charge in [0.2, 0.25) is 0 Å². The molecule has 0 unspecified atom stereocenters. The first-order valence-electron chi connectivity index (χ1n) is 6.61. The van der Waals surface area contributed by atoms with Crippen LogP contribution in [0.15, 0.2) is 36.9 Å². The molecular weight excluding hydrogens is 273 g/mol. The zero-order valence-corrected chi connectivity index (χ0v) is 11.9. The Balaban J connectivity index is 2.16. The summed E-state index contributed by atoms with van der Waals surface area (Å²) in [5, 5.41) is 9.31. The van der Waals surface area contributed by atoms with Crippen molar-refractivity contribution in [3.05, 3.63) is 53.2 Å². The predicted octanol–water partition coefficient (Wildman–Crippen LogP) is 3.60. The first kappa shape index (κ1) is 13.3. The van der Waals surface area contributed by atoms with E-state index in [0.717, 1.165) is 34.0 Å². The van der Waals surface area contributed by atoms with Crippen molar-refractivity contribution in [3.63, 3.8) is 0 Å². The molecule has 1 aromatic carbocycles. The summed E-state index contributed by atoms with van der Waals surface area (Å²) in [4.78, 5) is 4.26. The molecule has 0 spiro atoms. The molecule has 4 heteroatoms. The molecule has 0 bridgehead atoms. The number of anilines is 1. The first-order chi connectivity index (χ1) is 9.72. The van der Waals surface area contributed by atoms with E-state index in [0.29, 0.717) is 6.54 Å². The van der Waals surface area contributed by atoms with Gasteiger partial charge in [-0.1, -0.05) is 6.08 Å². The van der Waals surface area contributed by atoms with Gasteiger partial charge in [0.25, 0.3) is 0 Å². The summed E-state index contributed by atoms with van der Waals surface area (Å²) in [5.74, 6) is -0.222. The Kier molecular flexibility index (Phi) is 3.59. The SMILES string of the molecule is C=CCN1CCc2cc(CO)sc2-c2ccc(F)cc21. The lowest BCUT2D eigenvalue weighted by atomic mass is 10.1. The van der Waals surface area contributed by atoms with E-state index in [1.165, 1.54) is 11.6 Å². The van der Waals surface area contributed by atoms with Gasteiger partial charge < -0.3 is 10.0 Å². The molecule has 1 aliphatic heterocycles. The maximum atomic E-state index is 13.6. The summed E-state index contributed by atoms with van der Waals surface area (Å²) in [5.41, 5.74) is 3.19. The van der Waals surface area contributed by atoms with Gasteiger partial charge in [-0.25, -0.2) is 4.39 Å². The minimum atomic E-state index is -0.222. The molecule has 104 valence electrons. The topological polar surface area (TPSA) is 23.5 Å². The Morgan fingerprint density at radius 2 is 2.25 bits per heavy atom. The van der Waals surface area contributed by atoms with E-state index in [9.17, 15) is 9.50 Å². The number of halogens is 1. The van der Waals surface area contributed by atoms with Gasteiger partial charge in [0, 0.05) is 34.1 Å². The zero-order chi connectivity index (χ0) is 14.1. The second kappa shape index (κ2) is 5.38. The summed E-state index contributed by atoms with van der Waals surface area (Å²) >= 11 is 1.59. The van der Waals surface area contributed by atoms with Gasteiger partial charge in [0.05, 0.1) is 6.61 Å². The summed E-state index contributed by atoms with van der Waals surface area (Å²) in [6.07, 6.45) is 2.74. The van der Waals surface area contributed by atoms with Crippen LogP contribution in [-0.2, 0) is 13.0 Å². The van der Waals surface area contributed by atoms with Crippen molar-refractivity contribution >= 4 is 17.0 Å². The number of nitrogens with zero attached hydrogens (tertiary/aromatic N) is 1. The Morgan fingerprint density at radius 3 is 3.00 bits per heavy atom. The minimum absolute atomic E-state index is 0.0601. The van der Waals surface area contributed by atoms with Crippen molar-refractivity contribution in [1.29, 1.82) is 0 Å². The molecule has 0 fully saturated rings. The van der Waals surface area contributed by atoms with Gasteiger partial charge in [-0.3, -0.25) is 0 Å². The fraction of sp³-hybridized carbons (Fsp3) is 0.250. The zero-order valence-electron chi connectivity index (χ0n) is 11.1. The van der Waals surface area contributed by atoms with Crippen LogP contribution in [0.5, 0.6) is 0 Å². The van der Waals surface area contributed by atoms with Gasteiger partial charge in [-0.05, 0) is 36.2 Å². The van der Waals surface area contributed by atoms with Crippen molar-refractivity contribution in [2.24, 2.45) is 0 Å². The Bertz CT molecular complexity index is 650. The molecule has 3 rings (SSSR count). The molecule has 1 aromatic heterocycles. The second-order valence-corrected chi connectivity index (χ2v) is 6.01. The number of aliphatic hydroxyl groups is 1. The van der Waals surface area contributed by atoms with Crippen molar-refractivity contribution in [1.82, 2.24) is 0 Å². The molecule has 2 aromatic rings. The van der Waals surface area contributed by atoms with E-state index in [4.69, 9.17) is 0 Å². The molecule has 1 N–H and O–H groups in total. The van der Waals surface area contributed by atoms with Gasteiger partial charge in [0.1, 0.15) is 5.82 Å². The summed E-state index contributed by atoms with van der Waals surface area (Å²) < 4.78 is 13.6. The molecule has 2 heterocycles. The van der Waals surface area contributed by atoms with Crippen LogP contribution in [0.2, 0.25) is 0 Å². The molecule has 0 atom stereocenters. The van der Waals surface area contributed by atoms with Crippen LogP contribution in [-0.4, -0.2) is 18.2 Å². The third-order valence-electron chi connectivity index (χ3n) is 3.56. The van der Waals surface area contributed by atoms with Gasteiger partial charge in [-0.15, -0.1) is 17.9 Å². The third-order valence-corrected chi connectivity index (χ3v) is 4.76. The highest BCUT2D eigenvalue weighted by Crippen LogP contribution is 2.41. The fourth-order valence-electron chi connectivity index (χ4n) is 2.66. The van der Waals surface area contributed by atoms with Crippen LogP contribution in [0.25, 0.3) is 10.4 Å². The molecule has 0 saturated carbocycles. The largest absolute Gasteiger partial charge is 0.391 e. The number of benzene rings is 1. The average molecular weight is 289 g/mol. The maximum absolute atomic E-state index is 13.6. The molecule has 0 saturated heterocycles. The molecule has 20 heavy (non-hydrogen) atoms. The van der Waals surface area contributed by atoms with E-state index in [-0.39, 0.29) is 12.4 Å². The van der Waals surface area contributed by atoms with E-state index in [2.05, 4.69) is 17.5 Å². The van der Waals surface area contributed by atoms with E-state index in [1.807, 2.05) is 12.1 Å². The lowest BCUT2D eigenvalue weighted by Gasteiger charge is -2.23. The Hall–Kier alpha value is -1.65. The lowest BCUT2D eigenvalue weighted by Crippen LogP contribution is -2.25. The van der Waals surface area contributed by atoms with Crippen LogP contribution in [0.3, 0.4) is 0 Å². The predicted molar refractivity (Wildman–Crippen MR) is 81.7 cm³/mol. The number of aliphatic hydroxyl groups excluding tert-OH is 1. The molecule has 0 aliphatic carbocycles. The summed E-state index contributed by atoms with van der Waals surface area (Å²) in [7, 11) is 0. The lowest BCUT2D eigenvalue weighted by molar-refractivity contribution is 0.285. The highest BCUT2D eigenvalue weighted by atomic mass is 32.1. The van der Waals surface area contributed by atoms with Gasteiger partial charge in [-0.2, -0.15) is 0 Å². The monoisotopic (exact) mass is 289 g/mol. The van der Waals surface area contributed by atoms with Gasteiger partial charge in [0.15, 0.2) is 0 Å². The molecule has 1 aliphatic rings. The highest BCUT2D eigenvalue weighted by Gasteiger charge is 2.21. The van der Waals surface area contributed by atoms with Crippen LogP contribution < -0.4 is 4.90 Å². The molecule has 2 nitrogen and oxygen atoms in total. The normalized spacial score (nSPS) is 13.6. The first-order valence-corrected chi connectivity index (χ1v) is 7.43. The number of thiophene rings is 1. The summed E-state index contributed by atoms with van der Waals surface area (Å²) in [6, 6.07) is 6.98. The smallest absolute Gasteiger partial charge is 0.125 e. The van der Waals surface area contributed by atoms with Crippen LogP contribution in [0.1, 0.15) is 10.4 Å². The van der Waals surface area contributed by atoms with Crippen molar-refractivity contribution in [3.8, 4) is 10.4 Å². The summed E-state index contributed by atoms with van der Waals surface area (Å²) in [6.45, 7) is 5.38. The van der Waals surface area contributed by atoms with E-state index in [1.54, 1.807) is 17.4 Å². The highest BCUT2D eigenvalue weighted by molar-refractivity contribution is 7.15.